The van der Waals surface area contributed by atoms with Gasteiger partial charge >= 0.3 is 6.09 Å². The van der Waals surface area contributed by atoms with Crippen LogP contribution >= 0.6 is 0 Å². The number of piperazine rings is 1. The second-order valence-corrected chi connectivity index (χ2v) is 8.40. The Balaban J connectivity index is 1.35. The molecule has 3 saturated heterocycles. The van der Waals surface area contributed by atoms with Gasteiger partial charge in [-0.3, -0.25) is 14.5 Å². The van der Waals surface area contributed by atoms with Crippen LogP contribution in [0.5, 0.6) is 0 Å². The number of alkyl halides is 1. The van der Waals surface area contributed by atoms with Crippen molar-refractivity contribution in [1.82, 2.24) is 14.9 Å². The zero-order valence-corrected chi connectivity index (χ0v) is 18.3. The maximum Gasteiger partial charge on any atom is 0.435 e. The lowest BCUT2D eigenvalue weighted by molar-refractivity contribution is -0.174. The second kappa shape index (κ2) is 9.83. The molecule has 3 aliphatic heterocycles. The number of amides is 3. The minimum atomic E-state index is -0.694. The Labute approximate surface area is 186 Å². The van der Waals surface area contributed by atoms with E-state index >= 15 is 0 Å². The standard InChI is InChI=1S/C22H29FN4O5/c1-16-14-24(6-7-26(16)22(30)32-27-20(28)4-5-21(27)29)15-17-2-3-19(12-18(17)13-23)25-8-10-31-11-9-25/h2-3,12,16H,4-11,13-15H2,1H3/t16-/m0/s1. The van der Waals surface area contributed by atoms with E-state index in [0.29, 0.717) is 50.0 Å². The van der Waals surface area contributed by atoms with Crippen LogP contribution in [-0.2, 0) is 32.4 Å². The van der Waals surface area contributed by atoms with Crippen molar-refractivity contribution in [2.75, 3.05) is 50.8 Å². The van der Waals surface area contributed by atoms with Crippen molar-refractivity contribution in [3.63, 3.8) is 0 Å². The average Bonchev–Trinajstić information content (AvgIpc) is 3.12. The summed E-state index contributed by atoms with van der Waals surface area (Å²) in [5.41, 5.74) is 2.62. The molecule has 0 spiro atoms. The van der Waals surface area contributed by atoms with E-state index in [4.69, 9.17) is 9.57 Å². The van der Waals surface area contributed by atoms with Crippen LogP contribution in [0.2, 0.25) is 0 Å². The summed E-state index contributed by atoms with van der Waals surface area (Å²) in [4.78, 5) is 46.8. The van der Waals surface area contributed by atoms with E-state index in [9.17, 15) is 18.8 Å². The van der Waals surface area contributed by atoms with Gasteiger partial charge < -0.3 is 19.4 Å². The van der Waals surface area contributed by atoms with Gasteiger partial charge in [0, 0.05) is 63.8 Å². The number of rotatable bonds is 5. The Bertz CT molecular complexity index is 860. The van der Waals surface area contributed by atoms with Crippen LogP contribution in [0.3, 0.4) is 0 Å². The summed E-state index contributed by atoms with van der Waals surface area (Å²) >= 11 is 0. The molecule has 10 heteroatoms. The highest BCUT2D eigenvalue weighted by Gasteiger charge is 2.36. The average molecular weight is 448 g/mol. The first kappa shape index (κ1) is 22.5. The zero-order chi connectivity index (χ0) is 22.7. The molecule has 0 radical (unpaired) electrons. The van der Waals surface area contributed by atoms with E-state index in [1.807, 2.05) is 25.1 Å². The SMILES string of the molecule is C[C@H]1CN(Cc2ccc(N3CCOCC3)cc2CF)CCN1C(=O)ON1C(=O)CCC1=O. The largest absolute Gasteiger partial charge is 0.435 e. The lowest BCUT2D eigenvalue weighted by Crippen LogP contribution is -2.54. The number of imide groups is 1. The first-order valence-corrected chi connectivity index (χ1v) is 11.0. The summed E-state index contributed by atoms with van der Waals surface area (Å²) in [5.74, 6) is -0.983. The Morgan fingerprint density at radius 3 is 2.47 bits per heavy atom. The van der Waals surface area contributed by atoms with Crippen molar-refractivity contribution in [3.05, 3.63) is 29.3 Å². The Kier molecular flexibility index (Phi) is 6.90. The summed E-state index contributed by atoms with van der Waals surface area (Å²) in [6, 6.07) is 5.75. The maximum atomic E-state index is 13.8. The van der Waals surface area contributed by atoms with Crippen LogP contribution in [0, 0.1) is 0 Å². The van der Waals surface area contributed by atoms with Crippen molar-refractivity contribution in [1.29, 1.82) is 0 Å². The molecule has 0 saturated carbocycles. The third-order valence-corrected chi connectivity index (χ3v) is 6.23. The summed E-state index contributed by atoms with van der Waals surface area (Å²) in [6.07, 6.45) is -0.562. The monoisotopic (exact) mass is 448 g/mol. The molecule has 1 atom stereocenters. The molecule has 0 aliphatic carbocycles. The number of hydroxylamine groups is 2. The number of ether oxygens (including phenoxy) is 1. The van der Waals surface area contributed by atoms with Gasteiger partial charge in [-0.1, -0.05) is 6.07 Å². The number of anilines is 1. The van der Waals surface area contributed by atoms with Gasteiger partial charge in [0.25, 0.3) is 11.8 Å². The van der Waals surface area contributed by atoms with Gasteiger partial charge in [-0.05, 0) is 30.2 Å². The minimum absolute atomic E-state index is 0.0661. The lowest BCUT2D eigenvalue weighted by Gasteiger charge is -2.39. The van der Waals surface area contributed by atoms with E-state index in [1.165, 1.54) is 4.90 Å². The Morgan fingerprint density at radius 1 is 1.09 bits per heavy atom. The topological polar surface area (TPSA) is 82.6 Å². The molecule has 0 aromatic heterocycles. The molecular weight excluding hydrogens is 419 g/mol. The smallest absolute Gasteiger partial charge is 0.378 e. The highest BCUT2D eigenvalue weighted by atomic mass is 19.1. The fourth-order valence-electron chi connectivity index (χ4n) is 4.39. The van der Waals surface area contributed by atoms with Crippen LogP contribution in [0.1, 0.15) is 30.9 Å². The molecule has 4 rings (SSSR count). The molecule has 3 amide bonds. The first-order chi connectivity index (χ1) is 15.5. The molecule has 0 N–H and O–H groups in total. The molecule has 174 valence electrons. The molecule has 1 aromatic rings. The van der Waals surface area contributed by atoms with Crippen molar-refractivity contribution >= 4 is 23.6 Å². The molecule has 32 heavy (non-hydrogen) atoms. The number of halogens is 1. The van der Waals surface area contributed by atoms with Gasteiger partial charge in [0.2, 0.25) is 0 Å². The normalized spacial score (nSPS) is 22.6. The van der Waals surface area contributed by atoms with Gasteiger partial charge in [0.15, 0.2) is 0 Å². The molecule has 0 unspecified atom stereocenters. The van der Waals surface area contributed by atoms with E-state index in [2.05, 4.69) is 9.80 Å². The molecule has 9 nitrogen and oxygen atoms in total. The van der Waals surface area contributed by atoms with Crippen LogP contribution in [0.4, 0.5) is 14.9 Å². The predicted octanol–water partition coefficient (Wildman–Crippen LogP) is 1.70. The van der Waals surface area contributed by atoms with E-state index in [-0.39, 0.29) is 18.9 Å². The summed E-state index contributed by atoms with van der Waals surface area (Å²) < 4.78 is 19.2. The third-order valence-electron chi connectivity index (χ3n) is 6.23. The number of benzene rings is 1. The summed E-state index contributed by atoms with van der Waals surface area (Å²) in [6.45, 7) is 6.45. The van der Waals surface area contributed by atoms with E-state index in [0.717, 1.165) is 24.3 Å². The highest BCUT2D eigenvalue weighted by Crippen LogP contribution is 2.24. The predicted molar refractivity (Wildman–Crippen MR) is 113 cm³/mol. The number of morpholine rings is 1. The van der Waals surface area contributed by atoms with Crippen molar-refractivity contribution in [3.8, 4) is 0 Å². The van der Waals surface area contributed by atoms with E-state index in [1.54, 1.807) is 0 Å². The number of nitrogens with zero attached hydrogens (tertiary/aromatic N) is 4. The lowest BCUT2D eigenvalue weighted by atomic mass is 10.0. The van der Waals surface area contributed by atoms with Crippen molar-refractivity contribution in [2.45, 2.75) is 39.0 Å². The maximum absolute atomic E-state index is 13.8. The van der Waals surface area contributed by atoms with Crippen LogP contribution in [0.25, 0.3) is 0 Å². The van der Waals surface area contributed by atoms with Crippen LogP contribution in [-0.4, -0.2) is 84.8 Å². The molecule has 1 aromatic carbocycles. The number of carbonyl (C=O) groups excluding carboxylic acids is 3. The van der Waals surface area contributed by atoms with Crippen LogP contribution < -0.4 is 4.90 Å². The highest BCUT2D eigenvalue weighted by molar-refractivity contribution is 6.01. The quantitative estimate of drug-likeness (QED) is 0.634. The van der Waals surface area contributed by atoms with Crippen LogP contribution in [0.15, 0.2) is 18.2 Å². The molecule has 0 bridgehead atoms. The van der Waals surface area contributed by atoms with Gasteiger partial charge in [-0.2, -0.15) is 0 Å². The summed E-state index contributed by atoms with van der Waals surface area (Å²) in [7, 11) is 0. The fourth-order valence-corrected chi connectivity index (χ4v) is 4.39. The minimum Gasteiger partial charge on any atom is -0.378 e. The fraction of sp³-hybridized carbons (Fsp3) is 0.591. The number of hydrogen-bond donors (Lipinski definition) is 0. The van der Waals surface area contributed by atoms with Crippen molar-refractivity contribution < 1.29 is 28.3 Å². The molecular formula is C22H29FN4O5. The van der Waals surface area contributed by atoms with Crippen molar-refractivity contribution in [2.24, 2.45) is 0 Å². The molecule has 3 heterocycles. The third kappa shape index (κ3) is 4.86. The second-order valence-electron chi connectivity index (χ2n) is 8.40. The van der Waals surface area contributed by atoms with Gasteiger partial charge in [0.1, 0.15) is 6.67 Å². The number of hydrogen-bond acceptors (Lipinski definition) is 7. The number of carbonyl (C=O) groups is 3. The first-order valence-electron chi connectivity index (χ1n) is 11.0. The zero-order valence-electron chi connectivity index (χ0n) is 18.3. The Morgan fingerprint density at radius 2 is 1.81 bits per heavy atom. The Hall–Kier alpha value is -2.72. The summed E-state index contributed by atoms with van der Waals surface area (Å²) in [5, 5.41) is 0.574. The van der Waals surface area contributed by atoms with Gasteiger partial charge in [-0.25, -0.2) is 9.18 Å². The molecule has 3 fully saturated rings. The van der Waals surface area contributed by atoms with Gasteiger partial charge in [0.05, 0.1) is 13.2 Å². The van der Waals surface area contributed by atoms with E-state index < -0.39 is 24.6 Å². The van der Waals surface area contributed by atoms with Gasteiger partial charge in [-0.15, -0.1) is 5.06 Å². The molecule has 3 aliphatic rings.